The summed E-state index contributed by atoms with van der Waals surface area (Å²) < 4.78 is 6.00. The molecule has 2 aromatic carbocycles. The minimum atomic E-state index is 0.0234. The van der Waals surface area contributed by atoms with E-state index in [-0.39, 0.29) is 5.91 Å². The van der Waals surface area contributed by atoms with Gasteiger partial charge in [0, 0.05) is 36.8 Å². The fourth-order valence-corrected chi connectivity index (χ4v) is 4.42. The van der Waals surface area contributed by atoms with Crippen LogP contribution in [0.2, 0.25) is 0 Å². The van der Waals surface area contributed by atoms with Crippen LogP contribution in [-0.2, 0) is 6.54 Å². The molecule has 0 radical (unpaired) electrons. The number of likely N-dealkylation sites (N-methyl/N-ethyl adjacent to an activating group) is 1. The summed E-state index contributed by atoms with van der Waals surface area (Å²) in [5, 5.41) is 4.51. The van der Waals surface area contributed by atoms with E-state index in [1.54, 1.807) is 0 Å². The van der Waals surface area contributed by atoms with Crippen LogP contribution in [0.5, 0.6) is 0 Å². The predicted molar refractivity (Wildman–Crippen MR) is 132 cm³/mol. The average molecular weight is 447 g/mol. The molecule has 0 bridgehead atoms. The normalized spacial score (nSPS) is 16.2. The lowest BCUT2D eigenvalue weighted by atomic mass is 10.0. The molecule has 1 amide bonds. The highest BCUT2D eigenvalue weighted by molar-refractivity contribution is 5.94. The molecule has 33 heavy (non-hydrogen) atoms. The van der Waals surface area contributed by atoms with Gasteiger partial charge in [0.25, 0.3) is 5.91 Å². The van der Waals surface area contributed by atoms with Gasteiger partial charge in [0.2, 0.25) is 5.88 Å². The van der Waals surface area contributed by atoms with Crippen molar-refractivity contribution in [1.82, 2.24) is 15.0 Å². The Morgan fingerprint density at radius 3 is 2.39 bits per heavy atom. The zero-order valence-corrected chi connectivity index (χ0v) is 19.9. The maximum atomic E-state index is 13.5. The van der Waals surface area contributed by atoms with Gasteiger partial charge in [-0.2, -0.15) is 0 Å². The number of hydrogen-bond acceptors (Lipinski definition) is 5. The minimum absolute atomic E-state index is 0.0234. The summed E-state index contributed by atoms with van der Waals surface area (Å²) >= 11 is 0. The summed E-state index contributed by atoms with van der Waals surface area (Å²) in [5.74, 6) is 0.826. The van der Waals surface area contributed by atoms with Crippen LogP contribution in [0.1, 0.15) is 42.1 Å². The molecule has 2 heterocycles. The first-order valence-electron chi connectivity index (χ1n) is 11.8. The summed E-state index contributed by atoms with van der Waals surface area (Å²) in [6, 6.07) is 20.0. The van der Waals surface area contributed by atoms with Crippen molar-refractivity contribution >= 4 is 11.8 Å². The maximum Gasteiger partial charge on any atom is 0.254 e. The van der Waals surface area contributed by atoms with Gasteiger partial charge in [-0.3, -0.25) is 4.79 Å². The SMILES string of the molecule is C[C@H]1CCCCN1c1onc(-c2ccccc2)c1CN(CCN(C)C)C(=O)c1ccccc1. The molecule has 174 valence electrons. The smallest absolute Gasteiger partial charge is 0.254 e. The van der Waals surface area contributed by atoms with Crippen LogP contribution in [-0.4, -0.2) is 60.6 Å². The quantitative estimate of drug-likeness (QED) is 0.491. The molecule has 1 fully saturated rings. The van der Waals surface area contributed by atoms with Crippen molar-refractivity contribution in [3.63, 3.8) is 0 Å². The third-order valence-corrected chi connectivity index (χ3v) is 6.35. The van der Waals surface area contributed by atoms with Crippen molar-refractivity contribution in [2.24, 2.45) is 0 Å². The van der Waals surface area contributed by atoms with E-state index < -0.39 is 0 Å². The number of rotatable bonds is 8. The third-order valence-electron chi connectivity index (χ3n) is 6.35. The summed E-state index contributed by atoms with van der Waals surface area (Å²) in [4.78, 5) is 19.9. The fraction of sp³-hybridized carbons (Fsp3) is 0.407. The lowest BCUT2D eigenvalue weighted by Crippen LogP contribution is -2.39. The summed E-state index contributed by atoms with van der Waals surface area (Å²) in [7, 11) is 4.06. The first kappa shape index (κ1) is 23.1. The van der Waals surface area contributed by atoms with Crippen molar-refractivity contribution in [2.45, 2.75) is 38.8 Å². The maximum absolute atomic E-state index is 13.5. The van der Waals surface area contributed by atoms with Crippen molar-refractivity contribution in [1.29, 1.82) is 0 Å². The Bertz CT molecular complexity index is 1030. The van der Waals surface area contributed by atoms with Gasteiger partial charge in [-0.15, -0.1) is 0 Å². The van der Waals surface area contributed by atoms with Crippen molar-refractivity contribution in [3.05, 3.63) is 71.8 Å². The first-order chi connectivity index (χ1) is 16.0. The molecule has 0 spiro atoms. The second kappa shape index (κ2) is 10.7. The van der Waals surface area contributed by atoms with Crippen LogP contribution < -0.4 is 4.90 Å². The van der Waals surface area contributed by atoms with Crippen LogP contribution in [0.15, 0.2) is 65.2 Å². The van der Waals surface area contributed by atoms with E-state index in [1.165, 1.54) is 6.42 Å². The van der Waals surface area contributed by atoms with Gasteiger partial charge in [-0.25, -0.2) is 0 Å². The number of amides is 1. The highest BCUT2D eigenvalue weighted by Crippen LogP contribution is 2.35. The summed E-state index contributed by atoms with van der Waals surface area (Å²) in [5.41, 5.74) is 3.51. The topological polar surface area (TPSA) is 52.8 Å². The predicted octanol–water partition coefficient (Wildman–Crippen LogP) is 4.92. The highest BCUT2D eigenvalue weighted by Gasteiger charge is 2.30. The number of carbonyl (C=O) groups is 1. The van der Waals surface area contributed by atoms with E-state index in [1.807, 2.05) is 79.7 Å². The van der Waals surface area contributed by atoms with Crippen LogP contribution >= 0.6 is 0 Å². The Kier molecular flexibility index (Phi) is 7.45. The Balaban J connectivity index is 1.73. The molecule has 6 nitrogen and oxygen atoms in total. The fourth-order valence-electron chi connectivity index (χ4n) is 4.42. The lowest BCUT2D eigenvalue weighted by Gasteiger charge is -2.34. The van der Waals surface area contributed by atoms with E-state index in [9.17, 15) is 4.79 Å². The van der Waals surface area contributed by atoms with E-state index in [0.717, 1.165) is 48.6 Å². The molecule has 0 N–H and O–H groups in total. The molecule has 1 aliphatic rings. The molecule has 0 saturated carbocycles. The Morgan fingerprint density at radius 1 is 1.03 bits per heavy atom. The third kappa shape index (κ3) is 5.45. The zero-order valence-electron chi connectivity index (χ0n) is 19.9. The van der Waals surface area contributed by atoms with Crippen LogP contribution in [0.4, 0.5) is 5.88 Å². The summed E-state index contributed by atoms with van der Waals surface area (Å²) in [6.45, 7) is 5.04. The second-order valence-corrected chi connectivity index (χ2v) is 9.12. The molecular formula is C27H34N4O2. The number of benzene rings is 2. The average Bonchev–Trinajstić information content (AvgIpc) is 3.25. The zero-order chi connectivity index (χ0) is 23.2. The molecule has 1 atom stereocenters. The monoisotopic (exact) mass is 446 g/mol. The van der Waals surface area contributed by atoms with Crippen LogP contribution in [0.3, 0.4) is 0 Å². The van der Waals surface area contributed by atoms with Crippen molar-refractivity contribution in [3.8, 4) is 11.3 Å². The molecule has 0 aliphatic carbocycles. The van der Waals surface area contributed by atoms with E-state index >= 15 is 0 Å². The van der Waals surface area contributed by atoms with Crippen LogP contribution in [0, 0.1) is 0 Å². The standard InChI is InChI=1S/C27H34N4O2/c1-21-12-10-11-17-31(21)27-24(25(28-33-27)22-13-6-4-7-14-22)20-30(19-18-29(2)3)26(32)23-15-8-5-9-16-23/h4-9,13-16,21H,10-12,17-20H2,1-3H3/t21-/m0/s1. The molecule has 1 aromatic heterocycles. The number of nitrogens with zero attached hydrogens (tertiary/aromatic N) is 4. The Hall–Kier alpha value is -3.12. The summed E-state index contributed by atoms with van der Waals surface area (Å²) in [6.07, 6.45) is 3.50. The van der Waals surface area contributed by atoms with E-state index in [2.05, 4.69) is 21.9 Å². The number of aromatic nitrogens is 1. The number of anilines is 1. The van der Waals surface area contributed by atoms with Crippen molar-refractivity contribution in [2.75, 3.05) is 38.6 Å². The van der Waals surface area contributed by atoms with Gasteiger partial charge in [-0.1, -0.05) is 53.7 Å². The van der Waals surface area contributed by atoms with Gasteiger partial charge in [0.1, 0.15) is 5.69 Å². The van der Waals surface area contributed by atoms with Gasteiger partial charge in [0.15, 0.2) is 0 Å². The van der Waals surface area contributed by atoms with E-state index in [4.69, 9.17) is 4.52 Å². The van der Waals surface area contributed by atoms with E-state index in [0.29, 0.717) is 24.7 Å². The van der Waals surface area contributed by atoms with Gasteiger partial charge in [0.05, 0.1) is 12.1 Å². The number of carbonyl (C=O) groups excluding carboxylic acids is 1. The molecule has 1 saturated heterocycles. The Labute approximate surface area is 196 Å². The number of piperidine rings is 1. The molecule has 6 heteroatoms. The van der Waals surface area contributed by atoms with Gasteiger partial charge in [-0.05, 0) is 52.4 Å². The van der Waals surface area contributed by atoms with Crippen LogP contribution in [0.25, 0.3) is 11.3 Å². The molecule has 1 aliphatic heterocycles. The minimum Gasteiger partial charge on any atom is -0.338 e. The number of hydrogen-bond donors (Lipinski definition) is 0. The molecule has 3 aromatic rings. The highest BCUT2D eigenvalue weighted by atomic mass is 16.5. The first-order valence-corrected chi connectivity index (χ1v) is 11.8. The lowest BCUT2D eigenvalue weighted by molar-refractivity contribution is 0.0732. The second-order valence-electron chi connectivity index (χ2n) is 9.12. The molecule has 0 unspecified atom stereocenters. The van der Waals surface area contributed by atoms with Gasteiger partial charge >= 0.3 is 0 Å². The van der Waals surface area contributed by atoms with Gasteiger partial charge < -0.3 is 19.2 Å². The largest absolute Gasteiger partial charge is 0.338 e. The molecular weight excluding hydrogens is 412 g/mol. The Morgan fingerprint density at radius 2 is 1.73 bits per heavy atom. The molecule has 4 rings (SSSR count). The van der Waals surface area contributed by atoms with Crippen molar-refractivity contribution < 1.29 is 9.32 Å².